The Bertz CT molecular complexity index is 3960. The number of nitrogens with zero attached hydrogens (tertiary/aromatic N) is 2. The van der Waals surface area contributed by atoms with Gasteiger partial charge in [-0.05, 0) is 135 Å². The monoisotopic (exact) mass is 860 g/mol. The van der Waals surface area contributed by atoms with Gasteiger partial charge < -0.3 is 9.80 Å². The van der Waals surface area contributed by atoms with Gasteiger partial charge in [-0.3, -0.25) is 0 Å². The van der Waals surface area contributed by atoms with Crippen LogP contribution in [0.2, 0.25) is 0 Å². The van der Waals surface area contributed by atoms with E-state index in [2.05, 4.69) is 226 Å². The quantitative estimate of drug-likeness (QED) is 0.128. The highest BCUT2D eigenvalue weighted by Crippen LogP contribution is 2.52. The third-order valence-electron chi connectivity index (χ3n) is 15.0. The molecule has 0 N–H and O–H groups in total. The summed E-state index contributed by atoms with van der Waals surface area (Å²) in [6.07, 6.45) is 0. The van der Waals surface area contributed by atoms with E-state index >= 15 is 0 Å². The van der Waals surface area contributed by atoms with E-state index in [4.69, 9.17) is 0 Å². The summed E-state index contributed by atoms with van der Waals surface area (Å²) in [5.74, 6) is 0.780. The summed E-state index contributed by atoms with van der Waals surface area (Å²) in [6, 6.07) is 71.7. The van der Waals surface area contributed by atoms with Crippen molar-refractivity contribution >= 4 is 143 Å². The highest BCUT2D eigenvalue weighted by molar-refractivity contribution is 7.26. The van der Waals surface area contributed by atoms with Gasteiger partial charge in [0.25, 0.3) is 6.71 Å². The SMILES string of the molecule is CC(C)c1ccc2c(c1)B1c3c(cccc3N(c3cccc4c5ccccc5c5ccccc5c34)c3sc4ccc(C(C)C)cc4c31)N2c1cccc2c3ccccc3c3ccccc3c12. The van der Waals surface area contributed by atoms with Crippen molar-refractivity contribution in [2.45, 2.75) is 39.5 Å². The molecule has 2 aliphatic rings. The maximum atomic E-state index is 2.66. The Hall–Kier alpha value is -7.40. The molecule has 0 aliphatic carbocycles. The van der Waals surface area contributed by atoms with Gasteiger partial charge in [0, 0.05) is 32.5 Å². The summed E-state index contributed by atoms with van der Waals surface area (Å²) in [6.45, 7) is 9.34. The molecule has 1 aromatic heterocycles. The van der Waals surface area contributed by atoms with Gasteiger partial charge in [0.1, 0.15) is 0 Å². The van der Waals surface area contributed by atoms with Gasteiger partial charge in [0.15, 0.2) is 0 Å². The minimum atomic E-state index is 0.0173. The largest absolute Gasteiger partial charge is 0.311 e. The summed E-state index contributed by atoms with van der Waals surface area (Å²) < 4.78 is 1.33. The molecule has 66 heavy (non-hydrogen) atoms. The third kappa shape index (κ3) is 5.14. The highest BCUT2D eigenvalue weighted by Gasteiger charge is 2.46. The average molecular weight is 861 g/mol. The Labute approximate surface area is 389 Å². The Balaban J connectivity index is 1.15. The lowest BCUT2D eigenvalue weighted by Crippen LogP contribution is -2.61. The molecule has 4 heteroatoms. The van der Waals surface area contributed by atoms with Gasteiger partial charge >= 0.3 is 0 Å². The van der Waals surface area contributed by atoms with E-state index in [1.54, 1.807) is 0 Å². The molecule has 0 saturated carbocycles. The molecular weight excluding hydrogens is 816 g/mol. The fraction of sp³-hybridized carbons (Fsp3) is 0.0968. The van der Waals surface area contributed by atoms with E-state index in [1.807, 2.05) is 11.3 Å². The van der Waals surface area contributed by atoms with Crippen LogP contribution < -0.4 is 26.2 Å². The lowest BCUT2D eigenvalue weighted by molar-refractivity contribution is 0.867. The van der Waals surface area contributed by atoms with Crippen LogP contribution in [0.5, 0.6) is 0 Å². The van der Waals surface area contributed by atoms with Crippen molar-refractivity contribution in [2.24, 2.45) is 0 Å². The standard InChI is InChI=1S/C62H45BN2S/c1-36(2)38-31-33-57-50(34-38)60-62(66-57)65(54-27-14-25-49-45-19-8-6-17-41(45)43-21-10-12-23-47(43)59(49)54)56-29-15-28-55-61(56)63(60)51-35-39(37(3)4)30-32-52(51)64(55)53-26-13-24-48-44-18-7-5-16-40(44)42-20-9-11-22-46(42)58(48)53/h5-37H,1-4H3. The van der Waals surface area contributed by atoms with Crippen molar-refractivity contribution < 1.29 is 0 Å². The molecule has 3 heterocycles. The van der Waals surface area contributed by atoms with Crippen LogP contribution in [0.1, 0.15) is 50.7 Å². The van der Waals surface area contributed by atoms with Crippen molar-refractivity contribution in [3.05, 3.63) is 199 Å². The van der Waals surface area contributed by atoms with Gasteiger partial charge in [-0.2, -0.15) is 0 Å². The molecule has 12 aromatic rings. The normalized spacial score (nSPS) is 13.3. The minimum absolute atomic E-state index is 0.0173. The van der Waals surface area contributed by atoms with E-state index < -0.39 is 0 Å². The van der Waals surface area contributed by atoms with Crippen LogP contribution >= 0.6 is 11.3 Å². The molecule has 0 fully saturated rings. The predicted molar refractivity (Wildman–Crippen MR) is 289 cm³/mol. The number of benzene rings is 11. The minimum Gasteiger partial charge on any atom is -0.311 e. The Morgan fingerprint density at radius 3 is 1.29 bits per heavy atom. The molecule has 0 radical (unpaired) electrons. The van der Waals surface area contributed by atoms with Gasteiger partial charge in [-0.15, -0.1) is 11.3 Å². The molecule has 0 atom stereocenters. The van der Waals surface area contributed by atoms with E-state index in [9.17, 15) is 0 Å². The van der Waals surface area contributed by atoms with E-state index in [1.165, 1.54) is 136 Å². The first-order valence-corrected chi connectivity index (χ1v) is 24.3. The second kappa shape index (κ2) is 14.1. The Morgan fingerprint density at radius 2 is 0.758 bits per heavy atom. The molecule has 2 aliphatic heterocycles. The first-order valence-electron chi connectivity index (χ1n) is 23.5. The zero-order valence-electron chi connectivity index (χ0n) is 37.4. The zero-order valence-corrected chi connectivity index (χ0v) is 38.2. The maximum absolute atomic E-state index is 2.66. The number of anilines is 6. The molecule has 0 bridgehead atoms. The third-order valence-corrected chi connectivity index (χ3v) is 16.1. The average Bonchev–Trinajstić information content (AvgIpc) is 3.74. The van der Waals surface area contributed by atoms with Crippen LogP contribution in [-0.4, -0.2) is 6.71 Å². The summed E-state index contributed by atoms with van der Waals surface area (Å²) in [5, 5.41) is 18.1. The van der Waals surface area contributed by atoms with E-state index in [-0.39, 0.29) is 6.71 Å². The van der Waals surface area contributed by atoms with E-state index in [0.29, 0.717) is 11.8 Å². The van der Waals surface area contributed by atoms with Gasteiger partial charge in [-0.25, -0.2) is 0 Å². The summed E-state index contributed by atoms with van der Waals surface area (Å²) in [4.78, 5) is 5.29. The van der Waals surface area contributed by atoms with Crippen molar-refractivity contribution in [3.8, 4) is 0 Å². The van der Waals surface area contributed by atoms with Gasteiger partial charge in [-0.1, -0.05) is 179 Å². The lowest BCUT2D eigenvalue weighted by atomic mass is 9.33. The van der Waals surface area contributed by atoms with Crippen molar-refractivity contribution in [1.29, 1.82) is 0 Å². The molecular formula is C62H45BN2S. The zero-order chi connectivity index (χ0) is 43.9. The Morgan fingerprint density at radius 1 is 0.348 bits per heavy atom. The van der Waals surface area contributed by atoms with Crippen LogP contribution in [0, 0.1) is 0 Å². The topological polar surface area (TPSA) is 6.48 Å². The molecule has 312 valence electrons. The van der Waals surface area contributed by atoms with Crippen molar-refractivity contribution in [3.63, 3.8) is 0 Å². The summed E-state index contributed by atoms with van der Waals surface area (Å²) in [5.41, 5.74) is 13.0. The molecule has 2 nitrogen and oxygen atoms in total. The molecule has 0 amide bonds. The lowest BCUT2D eigenvalue weighted by Gasteiger charge is -2.43. The van der Waals surface area contributed by atoms with Gasteiger partial charge in [0.05, 0.1) is 16.4 Å². The number of fused-ring (bicyclic) bond motifs is 18. The number of hydrogen-bond donors (Lipinski definition) is 0. The molecule has 0 spiro atoms. The second-order valence-electron chi connectivity index (χ2n) is 19.1. The van der Waals surface area contributed by atoms with Crippen LogP contribution in [0.3, 0.4) is 0 Å². The first kappa shape index (κ1) is 37.9. The number of rotatable bonds is 4. The smallest absolute Gasteiger partial charge is 0.254 e. The van der Waals surface area contributed by atoms with Crippen LogP contribution in [0.4, 0.5) is 33.4 Å². The highest BCUT2D eigenvalue weighted by atomic mass is 32.1. The summed E-state index contributed by atoms with van der Waals surface area (Å²) in [7, 11) is 0. The van der Waals surface area contributed by atoms with Crippen molar-refractivity contribution in [1.82, 2.24) is 0 Å². The fourth-order valence-electron chi connectivity index (χ4n) is 12.0. The molecule has 0 unspecified atom stereocenters. The van der Waals surface area contributed by atoms with Gasteiger partial charge in [0.2, 0.25) is 0 Å². The number of thiophene rings is 1. The molecule has 0 saturated heterocycles. The Kier molecular flexibility index (Phi) is 8.08. The number of hydrogen-bond acceptors (Lipinski definition) is 3. The first-order chi connectivity index (χ1) is 32.4. The fourth-order valence-corrected chi connectivity index (χ4v) is 13.2. The van der Waals surface area contributed by atoms with E-state index in [0.717, 1.165) is 0 Å². The molecule has 14 rings (SSSR count). The van der Waals surface area contributed by atoms with Crippen LogP contribution in [0.15, 0.2) is 188 Å². The van der Waals surface area contributed by atoms with Crippen LogP contribution in [0.25, 0.3) is 74.7 Å². The second-order valence-corrected chi connectivity index (χ2v) is 20.1. The summed E-state index contributed by atoms with van der Waals surface area (Å²) >= 11 is 1.95. The van der Waals surface area contributed by atoms with Crippen LogP contribution in [-0.2, 0) is 0 Å². The predicted octanol–water partition coefficient (Wildman–Crippen LogP) is 16.1. The molecule has 11 aromatic carbocycles. The maximum Gasteiger partial charge on any atom is 0.254 e. The van der Waals surface area contributed by atoms with Crippen molar-refractivity contribution in [2.75, 3.05) is 9.80 Å².